The van der Waals surface area contributed by atoms with Crippen molar-refractivity contribution in [1.82, 2.24) is 5.32 Å². The van der Waals surface area contributed by atoms with Gasteiger partial charge in [0.05, 0.1) is 0 Å². The van der Waals surface area contributed by atoms with E-state index >= 15 is 0 Å². The molecule has 0 aromatic carbocycles. The van der Waals surface area contributed by atoms with Crippen LogP contribution in [-0.4, -0.2) is 7.05 Å². The first kappa shape index (κ1) is 12.8. The summed E-state index contributed by atoms with van der Waals surface area (Å²) in [5, 5.41) is 10.1. The van der Waals surface area contributed by atoms with Crippen LogP contribution in [0.5, 0.6) is 0 Å². The van der Waals surface area contributed by atoms with Crippen molar-refractivity contribution in [2.24, 2.45) is 0 Å². The van der Waals surface area contributed by atoms with E-state index in [4.69, 9.17) is 0 Å². The number of rotatable bonds is 6. The van der Waals surface area contributed by atoms with Gasteiger partial charge >= 0.3 is 0 Å². The Bertz CT molecular complexity index is 431. The fourth-order valence-electron chi connectivity index (χ4n) is 2.10. The summed E-state index contributed by atoms with van der Waals surface area (Å²) in [4.78, 5) is 1.52. The number of thiophene rings is 2. The van der Waals surface area contributed by atoms with Gasteiger partial charge < -0.3 is 5.32 Å². The minimum atomic E-state index is 0.504. The van der Waals surface area contributed by atoms with E-state index in [1.165, 1.54) is 22.4 Å². The molecule has 1 N–H and O–H groups in total. The summed E-state index contributed by atoms with van der Waals surface area (Å²) in [6.07, 6.45) is 3.48. The highest BCUT2D eigenvalue weighted by molar-refractivity contribution is 7.10. The molecule has 0 saturated heterocycles. The van der Waals surface area contributed by atoms with Crippen molar-refractivity contribution in [3.8, 4) is 0 Å². The molecular formula is C14H19NS2. The Morgan fingerprint density at radius 3 is 2.82 bits per heavy atom. The lowest BCUT2D eigenvalue weighted by Crippen LogP contribution is -2.17. The fraction of sp³-hybridized carbons (Fsp3) is 0.429. The molecule has 3 heteroatoms. The summed E-state index contributed by atoms with van der Waals surface area (Å²) >= 11 is 3.67. The Morgan fingerprint density at radius 2 is 2.18 bits per heavy atom. The maximum Gasteiger partial charge on any atom is 0.0418 e. The van der Waals surface area contributed by atoms with Crippen LogP contribution in [0.15, 0.2) is 28.3 Å². The van der Waals surface area contributed by atoms with Crippen LogP contribution >= 0.6 is 22.7 Å². The second-order valence-corrected chi connectivity index (χ2v) is 5.90. The van der Waals surface area contributed by atoms with Crippen molar-refractivity contribution >= 4 is 22.7 Å². The number of hydrogen-bond donors (Lipinski definition) is 1. The lowest BCUT2D eigenvalue weighted by atomic mass is 10.0. The lowest BCUT2D eigenvalue weighted by Gasteiger charge is -2.16. The molecule has 0 aliphatic rings. The molecule has 0 saturated carbocycles. The van der Waals surface area contributed by atoms with Gasteiger partial charge in [0, 0.05) is 10.9 Å². The smallest absolute Gasteiger partial charge is 0.0418 e. The van der Waals surface area contributed by atoms with Gasteiger partial charge in [0.25, 0.3) is 0 Å². The largest absolute Gasteiger partial charge is 0.312 e. The van der Waals surface area contributed by atoms with Crippen LogP contribution in [0.2, 0.25) is 0 Å². The predicted molar refractivity (Wildman–Crippen MR) is 78.1 cm³/mol. The average molecular weight is 265 g/mol. The fourth-order valence-corrected chi connectivity index (χ4v) is 3.94. The molecule has 2 rings (SSSR count). The number of hydrogen-bond acceptors (Lipinski definition) is 3. The number of aryl methyl sites for hydroxylation is 2. The molecule has 1 nitrogen and oxygen atoms in total. The molecule has 92 valence electrons. The van der Waals surface area contributed by atoms with Gasteiger partial charge in [0.2, 0.25) is 0 Å². The molecule has 0 aliphatic carbocycles. The summed E-state index contributed by atoms with van der Waals surface area (Å²) in [6, 6.07) is 4.99. The zero-order valence-corrected chi connectivity index (χ0v) is 12.0. The summed E-state index contributed by atoms with van der Waals surface area (Å²) in [5.74, 6) is 0. The summed E-state index contributed by atoms with van der Waals surface area (Å²) in [6.45, 7) is 2.23. The minimum absolute atomic E-state index is 0.504. The van der Waals surface area contributed by atoms with Gasteiger partial charge in [-0.3, -0.25) is 0 Å². The normalized spacial score (nSPS) is 12.8. The van der Waals surface area contributed by atoms with E-state index in [-0.39, 0.29) is 0 Å². The quantitative estimate of drug-likeness (QED) is 0.822. The van der Waals surface area contributed by atoms with E-state index in [0.29, 0.717) is 6.04 Å². The molecule has 0 fully saturated rings. The van der Waals surface area contributed by atoms with Crippen molar-refractivity contribution in [2.45, 2.75) is 32.2 Å². The average Bonchev–Trinajstić information content (AvgIpc) is 3.00. The van der Waals surface area contributed by atoms with Crippen LogP contribution in [0.4, 0.5) is 0 Å². The van der Waals surface area contributed by atoms with Crippen LogP contribution in [0.25, 0.3) is 0 Å². The van der Waals surface area contributed by atoms with Gasteiger partial charge in [0.1, 0.15) is 0 Å². The molecule has 2 aromatic rings. The molecule has 0 radical (unpaired) electrons. The Labute approximate surface area is 112 Å². The van der Waals surface area contributed by atoms with Gasteiger partial charge in [0.15, 0.2) is 0 Å². The first-order valence-electron chi connectivity index (χ1n) is 6.09. The van der Waals surface area contributed by atoms with Crippen LogP contribution in [0.1, 0.15) is 35.4 Å². The SMILES string of the molecule is CCc1ccsc1C(CCc1ccsc1)NC. The number of nitrogens with one attached hydrogen (secondary N) is 1. The van der Waals surface area contributed by atoms with Gasteiger partial charge in [-0.2, -0.15) is 11.3 Å². The topological polar surface area (TPSA) is 12.0 Å². The molecule has 2 heterocycles. The highest BCUT2D eigenvalue weighted by Crippen LogP contribution is 2.28. The van der Waals surface area contributed by atoms with Crippen LogP contribution in [-0.2, 0) is 12.8 Å². The summed E-state index contributed by atoms with van der Waals surface area (Å²) in [7, 11) is 2.07. The van der Waals surface area contributed by atoms with Gasteiger partial charge in [-0.15, -0.1) is 11.3 Å². The third-order valence-electron chi connectivity index (χ3n) is 3.13. The highest BCUT2D eigenvalue weighted by Gasteiger charge is 2.14. The van der Waals surface area contributed by atoms with Crippen molar-refractivity contribution in [3.63, 3.8) is 0 Å². The van der Waals surface area contributed by atoms with E-state index in [1.807, 2.05) is 11.3 Å². The Kier molecular flexibility index (Phi) is 4.77. The van der Waals surface area contributed by atoms with E-state index in [9.17, 15) is 0 Å². The van der Waals surface area contributed by atoms with Gasteiger partial charge in [-0.05, 0) is 65.7 Å². The molecule has 0 spiro atoms. The molecule has 0 amide bonds. The predicted octanol–water partition coefficient (Wildman–Crippen LogP) is 4.27. The molecular weight excluding hydrogens is 246 g/mol. The van der Waals surface area contributed by atoms with Crippen LogP contribution < -0.4 is 5.32 Å². The van der Waals surface area contributed by atoms with Crippen molar-refractivity contribution < 1.29 is 0 Å². The monoisotopic (exact) mass is 265 g/mol. The summed E-state index contributed by atoms with van der Waals surface area (Å²) in [5.41, 5.74) is 2.96. The second-order valence-electron chi connectivity index (χ2n) is 4.18. The Morgan fingerprint density at radius 1 is 1.29 bits per heavy atom. The lowest BCUT2D eigenvalue weighted by molar-refractivity contribution is 0.555. The molecule has 1 atom stereocenters. The van der Waals surface area contributed by atoms with E-state index in [1.54, 1.807) is 11.3 Å². The molecule has 17 heavy (non-hydrogen) atoms. The summed E-state index contributed by atoms with van der Waals surface area (Å²) < 4.78 is 0. The maximum absolute atomic E-state index is 3.46. The minimum Gasteiger partial charge on any atom is -0.312 e. The zero-order valence-electron chi connectivity index (χ0n) is 10.4. The molecule has 1 unspecified atom stereocenters. The van der Waals surface area contributed by atoms with E-state index in [0.717, 1.165) is 12.8 Å². The third-order valence-corrected chi connectivity index (χ3v) is 4.93. The van der Waals surface area contributed by atoms with Gasteiger partial charge in [-0.25, -0.2) is 0 Å². The van der Waals surface area contributed by atoms with Gasteiger partial charge in [-0.1, -0.05) is 6.92 Å². The van der Waals surface area contributed by atoms with E-state index in [2.05, 4.69) is 47.6 Å². The first-order chi connectivity index (χ1) is 8.35. The molecule has 2 aromatic heterocycles. The van der Waals surface area contributed by atoms with Crippen LogP contribution in [0.3, 0.4) is 0 Å². The van der Waals surface area contributed by atoms with Crippen LogP contribution in [0, 0.1) is 0 Å². The van der Waals surface area contributed by atoms with E-state index < -0.39 is 0 Å². The third kappa shape index (κ3) is 3.18. The zero-order chi connectivity index (χ0) is 12.1. The van der Waals surface area contributed by atoms with Crippen molar-refractivity contribution in [1.29, 1.82) is 0 Å². The molecule has 0 bridgehead atoms. The Hall–Kier alpha value is -0.640. The second kappa shape index (κ2) is 6.34. The van der Waals surface area contributed by atoms with Crippen molar-refractivity contribution in [3.05, 3.63) is 44.3 Å². The first-order valence-corrected chi connectivity index (χ1v) is 7.92. The highest BCUT2D eigenvalue weighted by atomic mass is 32.1. The standard InChI is InChI=1S/C14H19NS2/c1-3-12-7-9-17-14(12)13(15-2)5-4-11-6-8-16-10-11/h6-10,13,15H,3-5H2,1-2H3. The molecule has 0 aliphatic heterocycles. The maximum atomic E-state index is 3.46. The Balaban J connectivity index is 2.01. The van der Waals surface area contributed by atoms with Crippen molar-refractivity contribution in [2.75, 3.05) is 7.05 Å².